The SMILES string of the molecule is CCCN1CCc2c(c(CN(CCOC)C(=O)c3cccc(Cl)c3)nn2-c2ccccc2F)C1. The van der Waals surface area contributed by atoms with E-state index in [2.05, 4.69) is 11.8 Å². The number of hydrogen-bond acceptors (Lipinski definition) is 4. The molecule has 0 bridgehead atoms. The molecule has 3 aromatic rings. The van der Waals surface area contributed by atoms with Crippen LogP contribution in [0, 0.1) is 5.82 Å². The molecule has 2 aromatic carbocycles. The zero-order valence-electron chi connectivity index (χ0n) is 19.6. The molecule has 0 saturated heterocycles. The highest BCUT2D eigenvalue weighted by Crippen LogP contribution is 2.28. The topological polar surface area (TPSA) is 50.6 Å². The maximum absolute atomic E-state index is 14.7. The molecule has 0 saturated carbocycles. The Labute approximate surface area is 204 Å². The Hall–Kier alpha value is -2.74. The first-order chi connectivity index (χ1) is 16.5. The van der Waals surface area contributed by atoms with Gasteiger partial charge in [-0.1, -0.05) is 36.7 Å². The highest BCUT2D eigenvalue weighted by atomic mass is 35.5. The van der Waals surface area contributed by atoms with Crippen molar-refractivity contribution in [2.24, 2.45) is 0 Å². The molecule has 0 N–H and O–H groups in total. The van der Waals surface area contributed by atoms with Crippen molar-refractivity contribution < 1.29 is 13.9 Å². The fourth-order valence-corrected chi connectivity index (χ4v) is 4.63. The van der Waals surface area contributed by atoms with Crippen LogP contribution in [-0.4, -0.2) is 58.8 Å². The van der Waals surface area contributed by atoms with E-state index in [1.807, 2.05) is 6.07 Å². The molecule has 0 fully saturated rings. The number of aromatic nitrogens is 2. The van der Waals surface area contributed by atoms with E-state index in [1.54, 1.807) is 53.1 Å². The zero-order valence-corrected chi connectivity index (χ0v) is 20.4. The average molecular weight is 485 g/mol. The third kappa shape index (κ3) is 5.32. The molecule has 6 nitrogen and oxygen atoms in total. The van der Waals surface area contributed by atoms with E-state index >= 15 is 0 Å². The first kappa shape index (κ1) is 24.4. The maximum atomic E-state index is 14.7. The number of hydrogen-bond donors (Lipinski definition) is 0. The van der Waals surface area contributed by atoms with Crippen LogP contribution < -0.4 is 0 Å². The first-order valence-electron chi connectivity index (χ1n) is 11.6. The van der Waals surface area contributed by atoms with Gasteiger partial charge in [-0.05, 0) is 43.3 Å². The molecule has 0 atom stereocenters. The Morgan fingerprint density at radius 2 is 2.06 bits per heavy atom. The normalized spacial score (nSPS) is 13.6. The van der Waals surface area contributed by atoms with E-state index in [4.69, 9.17) is 21.4 Å². The quantitative estimate of drug-likeness (QED) is 0.441. The molecule has 180 valence electrons. The van der Waals surface area contributed by atoms with Gasteiger partial charge in [0.1, 0.15) is 11.5 Å². The van der Waals surface area contributed by atoms with E-state index in [0.29, 0.717) is 36.0 Å². The second kappa shape index (κ2) is 11.1. The third-order valence-corrected chi connectivity index (χ3v) is 6.34. The fraction of sp³-hybridized carbons (Fsp3) is 0.385. The Kier molecular flexibility index (Phi) is 7.98. The summed E-state index contributed by atoms with van der Waals surface area (Å²) in [5.74, 6) is -0.462. The van der Waals surface area contributed by atoms with Crippen LogP contribution >= 0.6 is 11.6 Å². The van der Waals surface area contributed by atoms with Crippen LogP contribution in [0.25, 0.3) is 5.69 Å². The number of carbonyl (C=O) groups is 1. The first-order valence-corrected chi connectivity index (χ1v) is 12.0. The number of rotatable bonds is 9. The van der Waals surface area contributed by atoms with Crippen LogP contribution in [0.2, 0.25) is 5.02 Å². The average Bonchev–Trinajstić information content (AvgIpc) is 3.19. The standard InChI is InChI=1S/C26H30ClFN4O2/c1-3-12-30-13-11-24-21(17-30)23(29-32(24)25-10-5-4-9-22(25)28)18-31(14-15-34-2)26(33)19-7-6-8-20(27)16-19/h4-10,16H,3,11-15,17-18H2,1-2H3. The Morgan fingerprint density at radius 1 is 1.24 bits per heavy atom. The molecule has 1 aromatic heterocycles. The lowest BCUT2D eigenvalue weighted by Gasteiger charge is -2.28. The predicted molar refractivity (Wildman–Crippen MR) is 131 cm³/mol. The van der Waals surface area contributed by atoms with Crippen LogP contribution in [0.5, 0.6) is 0 Å². The van der Waals surface area contributed by atoms with Crippen molar-refractivity contribution in [3.05, 3.63) is 81.9 Å². The molecule has 34 heavy (non-hydrogen) atoms. The van der Waals surface area contributed by atoms with Gasteiger partial charge < -0.3 is 9.64 Å². The molecule has 2 heterocycles. The van der Waals surface area contributed by atoms with Gasteiger partial charge in [-0.25, -0.2) is 9.07 Å². The summed E-state index contributed by atoms with van der Waals surface area (Å²) >= 11 is 6.13. The van der Waals surface area contributed by atoms with E-state index < -0.39 is 0 Å². The van der Waals surface area contributed by atoms with Crippen LogP contribution in [0.1, 0.15) is 40.7 Å². The van der Waals surface area contributed by atoms with Crippen LogP contribution in [0.4, 0.5) is 4.39 Å². The lowest BCUT2D eigenvalue weighted by atomic mass is 10.0. The number of para-hydroxylation sites is 1. The second-order valence-electron chi connectivity index (χ2n) is 8.49. The lowest BCUT2D eigenvalue weighted by Crippen LogP contribution is -2.35. The molecule has 0 unspecified atom stereocenters. The van der Waals surface area contributed by atoms with E-state index in [1.165, 1.54) is 6.07 Å². The molecule has 0 radical (unpaired) electrons. The van der Waals surface area contributed by atoms with E-state index in [-0.39, 0.29) is 11.7 Å². The molecule has 1 aliphatic heterocycles. The largest absolute Gasteiger partial charge is 0.383 e. The molecule has 0 spiro atoms. The molecule has 1 aliphatic rings. The van der Waals surface area contributed by atoms with Crippen LogP contribution in [0.3, 0.4) is 0 Å². The molecule has 0 aliphatic carbocycles. The minimum Gasteiger partial charge on any atom is -0.383 e. The van der Waals surface area contributed by atoms with Crippen molar-refractivity contribution in [1.82, 2.24) is 19.6 Å². The van der Waals surface area contributed by atoms with Crippen LogP contribution in [-0.2, 0) is 24.2 Å². The number of methoxy groups -OCH3 is 1. The number of carbonyl (C=O) groups excluding carboxylic acids is 1. The number of ether oxygens (including phenoxy) is 1. The van der Waals surface area contributed by atoms with Gasteiger partial charge in [0.15, 0.2) is 0 Å². The highest BCUT2D eigenvalue weighted by molar-refractivity contribution is 6.30. The summed E-state index contributed by atoms with van der Waals surface area (Å²) in [6.45, 7) is 5.88. The third-order valence-electron chi connectivity index (χ3n) is 6.10. The van der Waals surface area contributed by atoms with Gasteiger partial charge in [0, 0.05) is 49.3 Å². The Bertz CT molecular complexity index is 1150. The van der Waals surface area contributed by atoms with Gasteiger partial charge in [-0.15, -0.1) is 0 Å². The van der Waals surface area contributed by atoms with Crippen molar-refractivity contribution in [3.8, 4) is 5.69 Å². The number of nitrogens with zero attached hydrogens (tertiary/aromatic N) is 4. The summed E-state index contributed by atoms with van der Waals surface area (Å²) in [7, 11) is 1.61. The van der Waals surface area contributed by atoms with Gasteiger partial charge >= 0.3 is 0 Å². The van der Waals surface area contributed by atoms with Crippen molar-refractivity contribution in [1.29, 1.82) is 0 Å². The molecule has 4 rings (SSSR count). The van der Waals surface area contributed by atoms with Crippen molar-refractivity contribution in [2.45, 2.75) is 32.9 Å². The van der Waals surface area contributed by atoms with Gasteiger partial charge in [-0.2, -0.15) is 5.10 Å². The summed E-state index contributed by atoms with van der Waals surface area (Å²) in [4.78, 5) is 17.5. The van der Waals surface area contributed by atoms with E-state index in [9.17, 15) is 9.18 Å². The lowest BCUT2D eigenvalue weighted by molar-refractivity contribution is 0.0676. The smallest absolute Gasteiger partial charge is 0.254 e. The van der Waals surface area contributed by atoms with Gasteiger partial charge in [0.25, 0.3) is 5.91 Å². The maximum Gasteiger partial charge on any atom is 0.254 e. The number of amides is 1. The summed E-state index contributed by atoms with van der Waals surface area (Å²) in [5.41, 5.74) is 3.81. The van der Waals surface area contributed by atoms with E-state index in [0.717, 1.165) is 49.4 Å². The predicted octanol–water partition coefficient (Wildman–Crippen LogP) is 4.72. The Balaban J connectivity index is 1.72. The molecular formula is C26H30ClFN4O2. The van der Waals surface area contributed by atoms with Gasteiger partial charge in [-0.3, -0.25) is 9.69 Å². The second-order valence-corrected chi connectivity index (χ2v) is 8.93. The molecular weight excluding hydrogens is 455 g/mol. The number of halogens is 2. The summed E-state index contributed by atoms with van der Waals surface area (Å²) in [6, 6.07) is 13.6. The number of benzene rings is 2. The fourth-order valence-electron chi connectivity index (χ4n) is 4.44. The zero-order chi connectivity index (χ0) is 24.1. The summed E-state index contributed by atoms with van der Waals surface area (Å²) < 4.78 is 21.7. The van der Waals surface area contributed by atoms with Crippen molar-refractivity contribution in [2.75, 3.05) is 33.4 Å². The minimum absolute atomic E-state index is 0.144. The summed E-state index contributed by atoms with van der Waals surface area (Å²) in [6.07, 6.45) is 1.83. The summed E-state index contributed by atoms with van der Waals surface area (Å²) in [5, 5.41) is 5.36. The van der Waals surface area contributed by atoms with Crippen molar-refractivity contribution >= 4 is 17.5 Å². The highest BCUT2D eigenvalue weighted by Gasteiger charge is 2.28. The van der Waals surface area contributed by atoms with Crippen LogP contribution in [0.15, 0.2) is 48.5 Å². The van der Waals surface area contributed by atoms with Crippen molar-refractivity contribution in [3.63, 3.8) is 0 Å². The number of fused-ring (bicyclic) bond motifs is 1. The monoisotopic (exact) mass is 484 g/mol. The minimum atomic E-state index is -0.318. The van der Waals surface area contributed by atoms with Gasteiger partial charge in [0.05, 0.1) is 24.5 Å². The molecule has 1 amide bonds. The Morgan fingerprint density at radius 3 is 2.79 bits per heavy atom. The molecule has 8 heteroatoms. The van der Waals surface area contributed by atoms with Gasteiger partial charge in [0.2, 0.25) is 0 Å².